The molecule has 7 heteroatoms. The topological polar surface area (TPSA) is 65.7 Å². The molecule has 0 amide bonds. The average Bonchev–Trinajstić information content (AvgIpc) is 2.67. The number of hydrogen-bond donors (Lipinski definition) is 0. The van der Waals surface area contributed by atoms with E-state index in [-0.39, 0.29) is 5.56 Å². The van der Waals surface area contributed by atoms with Gasteiger partial charge in [0.2, 0.25) is 0 Å². The van der Waals surface area contributed by atoms with Gasteiger partial charge in [0.1, 0.15) is 5.82 Å². The minimum atomic E-state index is -0.204. The van der Waals surface area contributed by atoms with Crippen LogP contribution in [0.5, 0.6) is 11.5 Å². The van der Waals surface area contributed by atoms with Crippen molar-refractivity contribution in [3.8, 4) is 11.5 Å². The van der Waals surface area contributed by atoms with Crippen LogP contribution in [0.15, 0.2) is 50.8 Å². The molecule has 0 unspecified atom stereocenters. The number of rotatable bonds is 5. The molecule has 0 aliphatic carbocycles. The number of aryl methyl sites for hydroxylation is 1. The quantitative estimate of drug-likeness (QED) is 0.596. The predicted octanol–water partition coefficient (Wildman–Crippen LogP) is 3.62. The molecule has 2 aromatic carbocycles. The van der Waals surface area contributed by atoms with E-state index in [4.69, 9.17) is 9.47 Å². The second kappa shape index (κ2) is 7.70. The van der Waals surface area contributed by atoms with Crippen LogP contribution in [0.4, 0.5) is 0 Å². The zero-order chi connectivity index (χ0) is 18.7. The van der Waals surface area contributed by atoms with E-state index in [9.17, 15) is 4.79 Å². The van der Waals surface area contributed by atoms with Gasteiger partial charge in [-0.3, -0.25) is 4.79 Å². The number of hydrogen-bond acceptors (Lipinski definition) is 5. The second-order valence-electron chi connectivity index (χ2n) is 5.52. The molecule has 6 nitrogen and oxygen atoms in total. The van der Waals surface area contributed by atoms with Crippen LogP contribution in [0.1, 0.15) is 18.3 Å². The van der Waals surface area contributed by atoms with Crippen molar-refractivity contribution in [2.45, 2.75) is 13.3 Å². The first-order chi connectivity index (χ1) is 12.6. The van der Waals surface area contributed by atoms with Crippen molar-refractivity contribution < 1.29 is 9.47 Å². The second-order valence-corrected chi connectivity index (χ2v) is 6.43. The standard InChI is InChI=1S/C19H18BrN3O3/c1-4-18-22-15-7-6-13(20)10-14(15)19(24)23(18)21-11-12-5-8-16(25-2)17(9-12)26-3/h5-11H,4H2,1-3H3. The summed E-state index contributed by atoms with van der Waals surface area (Å²) in [5, 5.41) is 4.88. The van der Waals surface area contributed by atoms with Crippen molar-refractivity contribution in [2.24, 2.45) is 5.10 Å². The molecular formula is C19H18BrN3O3. The lowest BCUT2D eigenvalue weighted by molar-refractivity contribution is 0.355. The fourth-order valence-electron chi connectivity index (χ4n) is 2.60. The number of benzene rings is 2. The fourth-order valence-corrected chi connectivity index (χ4v) is 2.96. The van der Waals surface area contributed by atoms with E-state index in [1.807, 2.05) is 25.1 Å². The van der Waals surface area contributed by atoms with Gasteiger partial charge >= 0.3 is 0 Å². The average molecular weight is 416 g/mol. The highest BCUT2D eigenvalue weighted by Crippen LogP contribution is 2.26. The van der Waals surface area contributed by atoms with Crippen LogP contribution in [0.25, 0.3) is 10.9 Å². The first-order valence-corrected chi connectivity index (χ1v) is 8.84. The van der Waals surface area contributed by atoms with E-state index >= 15 is 0 Å². The summed E-state index contributed by atoms with van der Waals surface area (Å²) in [6, 6.07) is 10.9. The van der Waals surface area contributed by atoms with Crippen LogP contribution in [-0.4, -0.2) is 30.1 Å². The molecule has 0 N–H and O–H groups in total. The summed E-state index contributed by atoms with van der Waals surface area (Å²) in [6.07, 6.45) is 2.19. The van der Waals surface area contributed by atoms with E-state index in [0.717, 1.165) is 10.0 Å². The van der Waals surface area contributed by atoms with Crippen molar-refractivity contribution in [3.63, 3.8) is 0 Å². The third-order valence-electron chi connectivity index (χ3n) is 3.92. The van der Waals surface area contributed by atoms with Gasteiger partial charge < -0.3 is 9.47 Å². The van der Waals surface area contributed by atoms with Crippen LogP contribution >= 0.6 is 15.9 Å². The van der Waals surface area contributed by atoms with Gasteiger partial charge in [-0.25, -0.2) is 4.98 Å². The number of fused-ring (bicyclic) bond motifs is 1. The molecule has 0 aliphatic rings. The predicted molar refractivity (Wildman–Crippen MR) is 106 cm³/mol. The highest BCUT2D eigenvalue weighted by atomic mass is 79.9. The summed E-state index contributed by atoms with van der Waals surface area (Å²) in [5.41, 5.74) is 1.24. The van der Waals surface area contributed by atoms with Gasteiger partial charge in [0.15, 0.2) is 11.5 Å². The Hall–Kier alpha value is -2.67. The molecule has 0 fully saturated rings. The van der Waals surface area contributed by atoms with Gasteiger partial charge in [-0.1, -0.05) is 22.9 Å². The normalized spacial score (nSPS) is 11.2. The first kappa shape index (κ1) is 18.1. The molecule has 134 valence electrons. The van der Waals surface area contributed by atoms with Gasteiger partial charge in [0, 0.05) is 10.9 Å². The molecule has 26 heavy (non-hydrogen) atoms. The van der Waals surface area contributed by atoms with E-state index in [1.54, 1.807) is 38.6 Å². The summed E-state index contributed by atoms with van der Waals surface area (Å²) < 4.78 is 12.7. The van der Waals surface area contributed by atoms with Gasteiger partial charge in [0.05, 0.1) is 31.3 Å². The maximum Gasteiger partial charge on any atom is 0.282 e. The Morgan fingerprint density at radius 1 is 1.15 bits per heavy atom. The zero-order valence-electron chi connectivity index (χ0n) is 14.7. The van der Waals surface area contributed by atoms with Crippen LogP contribution in [0.2, 0.25) is 0 Å². The summed E-state index contributed by atoms with van der Waals surface area (Å²) >= 11 is 3.39. The Morgan fingerprint density at radius 3 is 2.62 bits per heavy atom. The highest BCUT2D eigenvalue weighted by Gasteiger charge is 2.10. The Kier molecular flexibility index (Phi) is 5.37. The smallest absolute Gasteiger partial charge is 0.282 e. The van der Waals surface area contributed by atoms with Gasteiger partial charge in [-0.15, -0.1) is 0 Å². The minimum Gasteiger partial charge on any atom is -0.493 e. The lowest BCUT2D eigenvalue weighted by Gasteiger charge is -2.09. The maximum atomic E-state index is 12.8. The third kappa shape index (κ3) is 3.48. The third-order valence-corrected chi connectivity index (χ3v) is 4.41. The first-order valence-electron chi connectivity index (χ1n) is 8.05. The molecule has 0 spiro atoms. The van der Waals surface area contributed by atoms with Crippen molar-refractivity contribution in [2.75, 3.05) is 14.2 Å². The number of ether oxygens (including phenoxy) is 2. The largest absolute Gasteiger partial charge is 0.493 e. The van der Waals surface area contributed by atoms with Gasteiger partial charge in [-0.05, 0) is 42.0 Å². The Morgan fingerprint density at radius 2 is 1.92 bits per heavy atom. The molecule has 3 rings (SSSR count). The Bertz CT molecular complexity index is 1040. The summed E-state index contributed by atoms with van der Waals surface area (Å²) in [6.45, 7) is 1.94. The fraction of sp³-hybridized carbons (Fsp3) is 0.211. The lowest BCUT2D eigenvalue weighted by atomic mass is 10.2. The van der Waals surface area contributed by atoms with Crippen molar-refractivity contribution in [1.29, 1.82) is 0 Å². The molecular weight excluding hydrogens is 398 g/mol. The highest BCUT2D eigenvalue weighted by molar-refractivity contribution is 9.10. The molecule has 0 radical (unpaired) electrons. The molecule has 0 saturated carbocycles. The lowest BCUT2D eigenvalue weighted by Crippen LogP contribution is -2.22. The molecule has 3 aromatic rings. The molecule has 0 bridgehead atoms. The van der Waals surface area contributed by atoms with Crippen molar-refractivity contribution in [3.05, 3.63) is 62.6 Å². The SMILES string of the molecule is CCc1nc2ccc(Br)cc2c(=O)n1N=Cc1ccc(OC)c(OC)c1. The zero-order valence-corrected chi connectivity index (χ0v) is 16.3. The molecule has 1 heterocycles. The van der Waals surface area contributed by atoms with Crippen molar-refractivity contribution >= 4 is 33.0 Å². The van der Waals surface area contributed by atoms with E-state index < -0.39 is 0 Å². The van der Waals surface area contributed by atoms with E-state index in [1.165, 1.54) is 4.68 Å². The number of methoxy groups -OCH3 is 2. The van der Waals surface area contributed by atoms with Crippen LogP contribution in [-0.2, 0) is 6.42 Å². The van der Waals surface area contributed by atoms with Crippen molar-refractivity contribution in [1.82, 2.24) is 9.66 Å². The number of nitrogens with zero attached hydrogens (tertiary/aromatic N) is 3. The van der Waals surface area contributed by atoms with Crippen LogP contribution < -0.4 is 15.0 Å². The number of halogens is 1. The van der Waals surface area contributed by atoms with Gasteiger partial charge in [0.25, 0.3) is 5.56 Å². The van der Waals surface area contributed by atoms with E-state index in [0.29, 0.717) is 34.6 Å². The molecule has 0 atom stereocenters. The van der Waals surface area contributed by atoms with Gasteiger partial charge in [-0.2, -0.15) is 9.78 Å². The summed E-state index contributed by atoms with van der Waals surface area (Å²) in [7, 11) is 3.15. The van der Waals surface area contributed by atoms with Crippen LogP contribution in [0, 0.1) is 0 Å². The monoisotopic (exact) mass is 415 g/mol. The van der Waals surface area contributed by atoms with E-state index in [2.05, 4.69) is 26.0 Å². The molecule has 1 aromatic heterocycles. The number of aromatic nitrogens is 2. The Balaban J connectivity index is 2.09. The molecule has 0 aliphatic heterocycles. The Labute approximate surface area is 159 Å². The minimum absolute atomic E-state index is 0.204. The summed E-state index contributed by atoms with van der Waals surface area (Å²) in [4.78, 5) is 17.4. The maximum absolute atomic E-state index is 12.8. The molecule has 0 saturated heterocycles. The summed E-state index contributed by atoms with van der Waals surface area (Å²) in [5.74, 6) is 1.83. The van der Waals surface area contributed by atoms with Crippen LogP contribution in [0.3, 0.4) is 0 Å².